The van der Waals surface area contributed by atoms with Gasteiger partial charge < -0.3 is 15.2 Å². The van der Waals surface area contributed by atoms with E-state index in [-0.39, 0.29) is 6.42 Å². The summed E-state index contributed by atoms with van der Waals surface area (Å²) in [6.07, 6.45) is 10.2. The molecule has 2 aromatic carbocycles. The Morgan fingerprint density at radius 1 is 1.10 bits per heavy atom. The number of carbonyl (C=O) groups is 1. The van der Waals surface area contributed by atoms with Crippen molar-refractivity contribution in [3.8, 4) is 5.75 Å². The van der Waals surface area contributed by atoms with Gasteiger partial charge in [0.2, 0.25) is 0 Å². The molecule has 0 atom stereocenters. The SMILES string of the molecule is CCCCCCc1ccc(COc2ccc(/C=C/CNCCC(=O)O)c(Cl)c2)cc1. The number of rotatable bonds is 14. The number of carboxylic acid groups (broad SMARTS) is 1. The zero-order chi connectivity index (χ0) is 21.6. The zero-order valence-corrected chi connectivity index (χ0v) is 18.5. The Morgan fingerprint density at radius 2 is 1.87 bits per heavy atom. The quantitative estimate of drug-likeness (QED) is 0.355. The van der Waals surface area contributed by atoms with Crippen LogP contribution in [0.4, 0.5) is 0 Å². The number of hydrogen-bond acceptors (Lipinski definition) is 3. The molecule has 2 aromatic rings. The molecule has 0 unspecified atom stereocenters. The normalized spacial score (nSPS) is 11.1. The van der Waals surface area contributed by atoms with Crippen LogP contribution in [0.25, 0.3) is 6.08 Å². The van der Waals surface area contributed by atoms with E-state index in [1.807, 2.05) is 30.4 Å². The Hall–Kier alpha value is -2.30. The lowest BCUT2D eigenvalue weighted by molar-refractivity contribution is -0.136. The smallest absolute Gasteiger partial charge is 0.304 e. The Kier molecular flexibility index (Phi) is 11.1. The van der Waals surface area contributed by atoms with E-state index in [0.717, 1.165) is 23.3 Å². The van der Waals surface area contributed by atoms with Crippen LogP contribution in [-0.4, -0.2) is 24.2 Å². The van der Waals surface area contributed by atoms with Crippen LogP contribution in [0, 0.1) is 0 Å². The van der Waals surface area contributed by atoms with Crippen molar-refractivity contribution in [2.24, 2.45) is 0 Å². The Bertz CT molecular complexity index is 803. The van der Waals surface area contributed by atoms with Crippen molar-refractivity contribution in [3.63, 3.8) is 0 Å². The maximum absolute atomic E-state index is 10.5. The topological polar surface area (TPSA) is 58.6 Å². The molecule has 0 amide bonds. The van der Waals surface area contributed by atoms with Crippen LogP contribution >= 0.6 is 11.6 Å². The van der Waals surface area contributed by atoms with Crippen LogP contribution in [-0.2, 0) is 17.8 Å². The molecule has 0 fully saturated rings. The summed E-state index contributed by atoms with van der Waals surface area (Å²) in [4.78, 5) is 10.5. The molecule has 0 aromatic heterocycles. The largest absolute Gasteiger partial charge is 0.489 e. The highest BCUT2D eigenvalue weighted by molar-refractivity contribution is 6.32. The fourth-order valence-corrected chi connectivity index (χ4v) is 3.26. The lowest BCUT2D eigenvalue weighted by Gasteiger charge is -2.09. The van der Waals surface area contributed by atoms with Crippen molar-refractivity contribution < 1.29 is 14.6 Å². The summed E-state index contributed by atoms with van der Waals surface area (Å²) in [7, 11) is 0. The molecule has 30 heavy (non-hydrogen) atoms. The molecule has 0 saturated carbocycles. The van der Waals surface area contributed by atoms with Gasteiger partial charge in [0, 0.05) is 13.1 Å². The van der Waals surface area contributed by atoms with Crippen molar-refractivity contribution in [1.82, 2.24) is 5.32 Å². The molecule has 0 aliphatic heterocycles. The molecular weight excluding hydrogens is 398 g/mol. The van der Waals surface area contributed by atoms with Gasteiger partial charge in [-0.05, 0) is 47.7 Å². The Morgan fingerprint density at radius 3 is 2.57 bits per heavy atom. The highest BCUT2D eigenvalue weighted by Crippen LogP contribution is 2.24. The average molecular weight is 430 g/mol. The van der Waals surface area contributed by atoms with Gasteiger partial charge in [0.1, 0.15) is 12.4 Å². The van der Waals surface area contributed by atoms with Crippen LogP contribution in [0.15, 0.2) is 48.5 Å². The molecule has 5 heteroatoms. The highest BCUT2D eigenvalue weighted by atomic mass is 35.5. The number of carboxylic acids is 1. The van der Waals surface area contributed by atoms with Crippen molar-refractivity contribution in [1.29, 1.82) is 0 Å². The predicted molar refractivity (Wildman–Crippen MR) is 124 cm³/mol. The van der Waals surface area contributed by atoms with Crippen molar-refractivity contribution >= 4 is 23.6 Å². The number of unbranched alkanes of at least 4 members (excludes halogenated alkanes) is 3. The molecule has 0 spiro atoms. The van der Waals surface area contributed by atoms with Gasteiger partial charge in [-0.3, -0.25) is 4.79 Å². The fraction of sp³-hybridized carbons (Fsp3) is 0.400. The fourth-order valence-electron chi connectivity index (χ4n) is 3.02. The van der Waals surface area contributed by atoms with Gasteiger partial charge in [-0.15, -0.1) is 0 Å². The molecule has 0 bridgehead atoms. The summed E-state index contributed by atoms with van der Waals surface area (Å²) >= 11 is 6.36. The second-order valence-corrected chi connectivity index (χ2v) is 7.76. The van der Waals surface area contributed by atoms with Gasteiger partial charge in [-0.25, -0.2) is 0 Å². The molecule has 4 nitrogen and oxygen atoms in total. The summed E-state index contributed by atoms with van der Waals surface area (Å²) in [6.45, 7) is 3.78. The van der Waals surface area contributed by atoms with E-state index in [4.69, 9.17) is 21.4 Å². The molecule has 0 heterocycles. The number of benzene rings is 2. The minimum atomic E-state index is -0.802. The summed E-state index contributed by atoms with van der Waals surface area (Å²) in [5, 5.41) is 12.3. The van der Waals surface area contributed by atoms with Crippen molar-refractivity contribution in [2.45, 2.75) is 52.1 Å². The second kappa shape index (κ2) is 13.8. The van der Waals surface area contributed by atoms with E-state index in [1.54, 1.807) is 0 Å². The highest BCUT2D eigenvalue weighted by Gasteiger charge is 2.02. The zero-order valence-electron chi connectivity index (χ0n) is 17.7. The number of ether oxygens (including phenoxy) is 1. The third kappa shape index (κ3) is 9.47. The number of hydrogen-bond donors (Lipinski definition) is 2. The molecule has 0 radical (unpaired) electrons. The first-order chi connectivity index (χ1) is 14.6. The van der Waals surface area contributed by atoms with E-state index in [1.165, 1.54) is 31.2 Å². The third-order valence-electron chi connectivity index (χ3n) is 4.79. The minimum absolute atomic E-state index is 0.113. The van der Waals surface area contributed by atoms with E-state index in [9.17, 15) is 4.79 Å². The van der Waals surface area contributed by atoms with Crippen LogP contribution in [0.5, 0.6) is 5.75 Å². The molecule has 0 aliphatic carbocycles. The summed E-state index contributed by atoms with van der Waals surface area (Å²) in [5.74, 6) is -0.0659. The van der Waals surface area contributed by atoms with E-state index in [0.29, 0.717) is 24.7 Å². The maximum Gasteiger partial charge on any atom is 0.304 e. The number of aryl methyl sites for hydroxylation is 1. The van der Waals surface area contributed by atoms with Gasteiger partial charge in [0.05, 0.1) is 11.4 Å². The molecule has 0 saturated heterocycles. The predicted octanol–water partition coefficient (Wildman–Crippen LogP) is 6.12. The van der Waals surface area contributed by atoms with E-state index >= 15 is 0 Å². The second-order valence-electron chi connectivity index (χ2n) is 7.35. The Labute approximate surface area is 184 Å². The lowest BCUT2D eigenvalue weighted by atomic mass is 10.0. The molecule has 2 rings (SSSR count). The standard InChI is InChI=1S/C25H32ClNO3/c1-2-3-4-5-7-20-9-11-21(12-10-20)19-30-23-14-13-22(24(26)18-23)8-6-16-27-17-15-25(28)29/h6,8-14,18,27H,2-5,7,15-17,19H2,1H3,(H,28,29)/b8-6+. The minimum Gasteiger partial charge on any atom is -0.489 e. The van der Waals surface area contributed by atoms with E-state index < -0.39 is 5.97 Å². The first-order valence-electron chi connectivity index (χ1n) is 10.7. The first kappa shape index (κ1) is 24.0. The molecular formula is C25H32ClNO3. The van der Waals surface area contributed by atoms with E-state index in [2.05, 4.69) is 36.5 Å². The van der Waals surface area contributed by atoms with Crippen molar-refractivity contribution in [2.75, 3.05) is 13.1 Å². The maximum atomic E-state index is 10.5. The van der Waals surface area contributed by atoms with Crippen LogP contribution in [0.1, 0.15) is 55.7 Å². The summed E-state index contributed by atoms with van der Waals surface area (Å²) in [6, 6.07) is 14.3. The van der Waals surface area contributed by atoms with Gasteiger partial charge in [-0.1, -0.05) is 74.2 Å². The number of nitrogens with one attached hydrogen (secondary N) is 1. The Balaban J connectivity index is 1.76. The summed E-state index contributed by atoms with van der Waals surface area (Å²) in [5.41, 5.74) is 3.42. The number of aliphatic carboxylic acids is 1. The number of halogens is 1. The average Bonchev–Trinajstić information content (AvgIpc) is 2.74. The van der Waals surface area contributed by atoms with Gasteiger partial charge in [0.25, 0.3) is 0 Å². The van der Waals surface area contributed by atoms with Crippen molar-refractivity contribution in [3.05, 3.63) is 70.3 Å². The first-order valence-corrected chi connectivity index (χ1v) is 11.1. The summed E-state index contributed by atoms with van der Waals surface area (Å²) < 4.78 is 5.88. The van der Waals surface area contributed by atoms with Gasteiger partial charge in [0.15, 0.2) is 0 Å². The van der Waals surface area contributed by atoms with Gasteiger partial charge in [-0.2, -0.15) is 0 Å². The molecule has 0 aliphatic rings. The molecule has 162 valence electrons. The van der Waals surface area contributed by atoms with Crippen LogP contribution < -0.4 is 10.1 Å². The monoisotopic (exact) mass is 429 g/mol. The van der Waals surface area contributed by atoms with Crippen LogP contribution in [0.3, 0.4) is 0 Å². The lowest BCUT2D eigenvalue weighted by Crippen LogP contribution is -2.17. The molecule has 2 N–H and O–H groups in total. The third-order valence-corrected chi connectivity index (χ3v) is 5.12. The van der Waals surface area contributed by atoms with Gasteiger partial charge >= 0.3 is 5.97 Å². The van der Waals surface area contributed by atoms with Crippen LogP contribution in [0.2, 0.25) is 5.02 Å².